The SMILES string of the molecule is O=NNc1ccccc1Cl. The highest BCUT2D eigenvalue weighted by Crippen LogP contribution is 2.19. The van der Waals surface area contributed by atoms with Crippen LogP contribution in [-0.4, -0.2) is 0 Å². The van der Waals surface area contributed by atoms with Crippen LogP contribution in [0, 0.1) is 4.91 Å². The fraction of sp³-hybridized carbons (Fsp3) is 0. The van der Waals surface area contributed by atoms with E-state index in [0.717, 1.165) is 0 Å². The lowest BCUT2D eigenvalue weighted by atomic mass is 10.3. The number of hydrogen-bond donors (Lipinski definition) is 1. The molecule has 0 radical (unpaired) electrons. The lowest BCUT2D eigenvalue weighted by molar-refractivity contribution is 1.32. The summed E-state index contributed by atoms with van der Waals surface area (Å²) in [6.07, 6.45) is 0. The van der Waals surface area contributed by atoms with Gasteiger partial charge in [0.2, 0.25) is 0 Å². The molecule has 1 aromatic carbocycles. The molecule has 0 aromatic heterocycles. The van der Waals surface area contributed by atoms with Gasteiger partial charge in [0.05, 0.1) is 16.0 Å². The molecule has 1 rings (SSSR count). The highest BCUT2D eigenvalue weighted by atomic mass is 35.5. The highest BCUT2D eigenvalue weighted by molar-refractivity contribution is 6.33. The van der Waals surface area contributed by atoms with E-state index < -0.39 is 0 Å². The average molecular weight is 157 g/mol. The largest absolute Gasteiger partial charge is 0.241 e. The molecule has 0 aliphatic carbocycles. The predicted octanol–water partition coefficient (Wildman–Crippen LogP) is 2.43. The third-order valence-electron chi connectivity index (χ3n) is 1.04. The molecule has 52 valence electrons. The van der Waals surface area contributed by atoms with Gasteiger partial charge in [-0.25, -0.2) is 5.43 Å². The van der Waals surface area contributed by atoms with Gasteiger partial charge in [0.15, 0.2) is 0 Å². The normalized spacial score (nSPS) is 8.90. The molecule has 0 spiro atoms. The topological polar surface area (TPSA) is 41.5 Å². The molecule has 0 aliphatic heterocycles. The van der Waals surface area contributed by atoms with Crippen LogP contribution in [0.25, 0.3) is 0 Å². The number of nitrogens with zero attached hydrogens (tertiary/aromatic N) is 1. The molecule has 0 aliphatic rings. The summed E-state index contributed by atoms with van der Waals surface area (Å²) in [7, 11) is 0. The van der Waals surface area contributed by atoms with E-state index in [1.807, 2.05) is 0 Å². The second-order valence-electron chi connectivity index (χ2n) is 1.68. The van der Waals surface area contributed by atoms with Crippen molar-refractivity contribution in [3.63, 3.8) is 0 Å². The summed E-state index contributed by atoms with van der Waals surface area (Å²) in [5.41, 5.74) is 2.74. The molecule has 0 unspecified atom stereocenters. The summed E-state index contributed by atoms with van der Waals surface area (Å²) in [5, 5.41) is 2.97. The Morgan fingerprint density at radius 1 is 1.40 bits per heavy atom. The van der Waals surface area contributed by atoms with Gasteiger partial charge >= 0.3 is 0 Å². The van der Waals surface area contributed by atoms with Crippen molar-refractivity contribution in [3.8, 4) is 0 Å². The molecule has 1 aromatic rings. The van der Waals surface area contributed by atoms with E-state index in [4.69, 9.17) is 11.6 Å². The van der Waals surface area contributed by atoms with Crippen LogP contribution < -0.4 is 5.43 Å². The first kappa shape index (κ1) is 7.02. The summed E-state index contributed by atoms with van der Waals surface area (Å²) in [5.74, 6) is 0. The Labute approximate surface area is 62.9 Å². The standard InChI is InChI=1S/C6H5ClN2O/c7-5-3-1-2-4-6(5)8-9-10/h1-4H,(H,8,10). The van der Waals surface area contributed by atoms with Crippen molar-refractivity contribution in [2.24, 2.45) is 5.29 Å². The van der Waals surface area contributed by atoms with Gasteiger partial charge < -0.3 is 0 Å². The number of nitroso groups, excluding NO2 is 1. The Kier molecular flexibility index (Phi) is 2.23. The first-order chi connectivity index (χ1) is 4.84. The zero-order valence-electron chi connectivity index (χ0n) is 5.04. The lowest BCUT2D eigenvalue weighted by Crippen LogP contribution is -1.85. The molecule has 3 nitrogen and oxygen atoms in total. The van der Waals surface area contributed by atoms with E-state index in [0.29, 0.717) is 10.7 Å². The van der Waals surface area contributed by atoms with Gasteiger partial charge in [0, 0.05) is 0 Å². The van der Waals surface area contributed by atoms with Crippen molar-refractivity contribution in [1.29, 1.82) is 0 Å². The minimum atomic E-state index is 0.488. The maximum atomic E-state index is 9.71. The fourth-order valence-corrected chi connectivity index (χ4v) is 0.779. The van der Waals surface area contributed by atoms with Crippen molar-refractivity contribution in [3.05, 3.63) is 34.2 Å². The number of para-hydroxylation sites is 1. The van der Waals surface area contributed by atoms with E-state index >= 15 is 0 Å². The van der Waals surface area contributed by atoms with Crippen molar-refractivity contribution >= 4 is 17.3 Å². The third-order valence-corrected chi connectivity index (χ3v) is 1.37. The van der Waals surface area contributed by atoms with Crippen molar-refractivity contribution in [2.75, 3.05) is 5.43 Å². The Bertz CT molecular complexity index is 239. The summed E-state index contributed by atoms with van der Waals surface area (Å²) in [6, 6.07) is 6.89. The van der Waals surface area contributed by atoms with Gasteiger partial charge in [-0.05, 0) is 12.1 Å². The van der Waals surface area contributed by atoms with E-state index in [1.165, 1.54) is 0 Å². The van der Waals surface area contributed by atoms with Gasteiger partial charge in [0.1, 0.15) is 0 Å². The minimum absolute atomic E-state index is 0.488. The molecule has 4 heteroatoms. The summed E-state index contributed by atoms with van der Waals surface area (Å²) >= 11 is 5.64. The number of nitrogens with one attached hydrogen (secondary N) is 1. The van der Waals surface area contributed by atoms with Gasteiger partial charge in [-0.1, -0.05) is 23.7 Å². The van der Waals surface area contributed by atoms with Crippen LogP contribution in [0.4, 0.5) is 5.69 Å². The maximum Gasteiger partial charge on any atom is 0.0780 e. The number of benzene rings is 1. The number of hydrogen-bond acceptors (Lipinski definition) is 2. The Morgan fingerprint density at radius 2 is 2.10 bits per heavy atom. The quantitative estimate of drug-likeness (QED) is 0.528. The van der Waals surface area contributed by atoms with Gasteiger partial charge in [-0.3, -0.25) is 0 Å². The maximum absolute atomic E-state index is 9.71. The molecule has 0 amide bonds. The number of anilines is 1. The summed E-state index contributed by atoms with van der Waals surface area (Å²) < 4.78 is 0. The Morgan fingerprint density at radius 3 is 2.70 bits per heavy atom. The van der Waals surface area contributed by atoms with E-state index in [2.05, 4.69) is 10.7 Å². The smallest absolute Gasteiger partial charge is 0.0780 e. The monoisotopic (exact) mass is 156 g/mol. The highest BCUT2D eigenvalue weighted by Gasteiger charge is 1.94. The van der Waals surface area contributed by atoms with Crippen LogP contribution in [0.1, 0.15) is 0 Å². The molecule has 0 fully saturated rings. The molecule has 1 N–H and O–H groups in total. The summed E-state index contributed by atoms with van der Waals surface area (Å²) in [4.78, 5) is 9.71. The molecule has 0 saturated carbocycles. The lowest BCUT2D eigenvalue weighted by Gasteiger charge is -1.96. The zero-order valence-corrected chi connectivity index (χ0v) is 5.80. The fourth-order valence-electron chi connectivity index (χ4n) is 0.601. The van der Waals surface area contributed by atoms with E-state index in [1.54, 1.807) is 24.3 Å². The average Bonchev–Trinajstić information content (AvgIpc) is 1.94. The predicted molar refractivity (Wildman–Crippen MR) is 40.9 cm³/mol. The Hall–Kier alpha value is -1.09. The van der Waals surface area contributed by atoms with Gasteiger partial charge in [0.25, 0.3) is 0 Å². The molecule has 0 bridgehead atoms. The minimum Gasteiger partial charge on any atom is -0.241 e. The molecule has 0 saturated heterocycles. The molecular weight excluding hydrogens is 152 g/mol. The Balaban J connectivity index is 2.91. The van der Waals surface area contributed by atoms with Crippen LogP contribution in [0.15, 0.2) is 29.6 Å². The van der Waals surface area contributed by atoms with Crippen LogP contribution in [-0.2, 0) is 0 Å². The molecular formula is C6H5ClN2O. The van der Waals surface area contributed by atoms with Crippen molar-refractivity contribution in [1.82, 2.24) is 0 Å². The second kappa shape index (κ2) is 3.17. The van der Waals surface area contributed by atoms with Crippen molar-refractivity contribution in [2.45, 2.75) is 0 Å². The number of rotatable bonds is 2. The molecule has 10 heavy (non-hydrogen) atoms. The van der Waals surface area contributed by atoms with Crippen LogP contribution >= 0.6 is 11.6 Å². The van der Waals surface area contributed by atoms with E-state index in [9.17, 15) is 4.91 Å². The van der Waals surface area contributed by atoms with Crippen LogP contribution in [0.2, 0.25) is 5.02 Å². The summed E-state index contributed by atoms with van der Waals surface area (Å²) in [6.45, 7) is 0. The second-order valence-corrected chi connectivity index (χ2v) is 2.09. The van der Waals surface area contributed by atoms with Crippen LogP contribution in [0.3, 0.4) is 0 Å². The molecule has 0 heterocycles. The third kappa shape index (κ3) is 1.45. The first-order valence-electron chi connectivity index (χ1n) is 2.67. The van der Waals surface area contributed by atoms with E-state index in [-0.39, 0.29) is 0 Å². The zero-order chi connectivity index (χ0) is 7.40. The van der Waals surface area contributed by atoms with Gasteiger partial charge in [-0.15, -0.1) is 4.91 Å². The van der Waals surface area contributed by atoms with Gasteiger partial charge in [-0.2, -0.15) is 0 Å². The first-order valence-corrected chi connectivity index (χ1v) is 3.05. The molecule has 0 atom stereocenters. The number of halogens is 1. The van der Waals surface area contributed by atoms with Crippen molar-refractivity contribution < 1.29 is 0 Å². The van der Waals surface area contributed by atoms with Crippen LogP contribution in [0.5, 0.6) is 0 Å².